The Bertz CT molecular complexity index is 559. The van der Waals surface area contributed by atoms with Crippen molar-refractivity contribution in [3.05, 3.63) is 24.3 Å². The Morgan fingerprint density at radius 3 is 2.48 bits per heavy atom. The quantitative estimate of drug-likeness (QED) is 0.779. The zero-order chi connectivity index (χ0) is 15.5. The van der Waals surface area contributed by atoms with Gasteiger partial charge in [0.25, 0.3) is 0 Å². The lowest BCUT2D eigenvalue weighted by molar-refractivity contribution is 0.212. The van der Waals surface area contributed by atoms with Gasteiger partial charge in [-0.3, -0.25) is 0 Å². The van der Waals surface area contributed by atoms with Crippen LogP contribution in [0.25, 0.3) is 0 Å². The first-order chi connectivity index (χ1) is 9.95. The molecule has 1 saturated heterocycles. The molecule has 1 aromatic carbocycles. The van der Waals surface area contributed by atoms with Crippen molar-refractivity contribution in [3.63, 3.8) is 0 Å². The number of benzene rings is 1. The summed E-state index contributed by atoms with van der Waals surface area (Å²) in [5.74, 6) is 2.00. The van der Waals surface area contributed by atoms with Gasteiger partial charge in [-0.25, -0.2) is 8.42 Å². The Morgan fingerprint density at radius 1 is 1.24 bits per heavy atom. The maximum Gasteiger partial charge on any atom is 0.243 e. The van der Waals surface area contributed by atoms with E-state index in [1.807, 2.05) is 0 Å². The molecule has 1 fully saturated rings. The molecule has 0 spiro atoms. The molecule has 0 aromatic heterocycles. The SMILES string of the molecule is CC1CCN(S(=O)(=O)c2ccc(OCCCl)cc2)CC1C. The third-order valence-electron chi connectivity index (χ3n) is 4.10. The van der Waals surface area contributed by atoms with Crippen molar-refractivity contribution < 1.29 is 13.2 Å². The minimum absolute atomic E-state index is 0.322. The molecular weight excluding hydrogens is 310 g/mol. The highest BCUT2D eigenvalue weighted by atomic mass is 35.5. The Balaban J connectivity index is 2.12. The second-order valence-electron chi connectivity index (χ2n) is 5.62. The molecule has 0 aliphatic carbocycles. The van der Waals surface area contributed by atoms with E-state index in [1.165, 1.54) is 0 Å². The molecule has 118 valence electrons. The molecule has 0 radical (unpaired) electrons. The molecule has 6 heteroatoms. The van der Waals surface area contributed by atoms with Crippen LogP contribution in [0.4, 0.5) is 0 Å². The van der Waals surface area contributed by atoms with Crippen LogP contribution in [-0.2, 0) is 10.0 Å². The predicted molar refractivity (Wildman–Crippen MR) is 84.4 cm³/mol. The molecule has 0 saturated carbocycles. The smallest absolute Gasteiger partial charge is 0.243 e. The molecule has 2 rings (SSSR count). The molecule has 1 aliphatic rings. The molecule has 4 nitrogen and oxygen atoms in total. The van der Waals surface area contributed by atoms with E-state index in [-0.39, 0.29) is 0 Å². The minimum Gasteiger partial charge on any atom is -0.492 e. The fraction of sp³-hybridized carbons (Fsp3) is 0.600. The van der Waals surface area contributed by atoms with Crippen LogP contribution in [0, 0.1) is 11.8 Å². The number of piperidine rings is 1. The average Bonchev–Trinajstić information content (AvgIpc) is 2.48. The first-order valence-corrected chi connectivity index (χ1v) is 9.21. The highest BCUT2D eigenvalue weighted by Crippen LogP contribution is 2.28. The summed E-state index contributed by atoms with van der Waals surface area (Å²) in [6, 6.07) is 6.55. The number of halogens is 1. The third kappa shape index (κ3) is 3.90. The Kier molecular flexibility index (Phi) is 5.52. The summed E-state index contributed by atoms with van der Waals surface area (Å²) < 4.78 is 32.2. The Morgan fingerprint density at radius 2 is 1.90 bits per heavy atom. The van der Waals surface area contributed by atoms with Crippen molar-refractivity contribution in [2.45, 2.75) is 25.2 Å². The largest absolute Gasteiger partial charge is 0.492 e. The maximum atomic E-state index is 12.6. The molecular formula is C15H22ClNO3S. The van der Waals surface area contributed by atoms with E-state index in [2.05, 4.69) is 13.8 Å². The van der Waals surface area contributed by atoms with E-state index in [9.17, 15) is 8.42 Å². The van der Waals surface area contributed by atoms with Gasteiger partial charge in [-0.1, -0.05) is 13.8 Å². The standard InChI is InChI=1S/C15H22ClNO3S/c1-12-7-9-17(11-13(12)2)21(18,19)15-5-3-14(4-6-15)20-10-8-16/h3-6,12-13H,7-11H2,1-2H3. The molecule has 2 atom stereocenters. The molecule has 0 bridgehead atoms. The second kappa shape index (κ2) is 6.99. The number of nitrogens with zero attached hydrogens (tertiary/aromatic N) is 1. The zero-order valence-corrected chi connectivity index (χ0v) is 14.0. The van der Waals surface area contributed by atoms with Gasteiger partial charge in [0.2, 0.25) is 10.0 Å². The van der Waals surface area contributed by atoms with E-state index in [0.29, 0.717) is 48.1 Å². The van der Waals surface area contributed by atoms with E-state index in [0.717, 1.165) is 6.42 Å². The first-order valence-electron chi connectivity index (χ1n) is 7.24. The van der Waals surface area contributed by atoms with Crippen molar-refractivity contribution in [2.75, 3.05) is 25.6 Å². The van der Waals surface area contributed by atoms with Crippen LogP contribution in [0.5, 0.6) is 5.75 Å². The summed E-state index contributed by atoms with van der Waals surface area (Å²) in [7, 11) is -3.40. The van der Waals surface area contributed by atoms with Gasteiger partial charge >= 0.3 is 0 Å². The van der Waals surface area contributed by atoms with Gasteiger partial charge in [-0.15, -0.1) is 11.6 Å². The molecule has 21 heavy (non-hydrogen) atoms. The Labute approximate surface area is 132 Å². The van der Waals surface area contributed by atoms with E-state index >= 15 is 0 Å². The summed E-state index contributed by atoms with van der Waals surface area (Å²) in [6.45, 7) is 5.88. The van der Waals surface area contributed by atoms with E-state index < -0.39 is 10.0 Å². The molecule has 1 aromatic rings. The Hall–Kier alpha value is -0.780. The normalized spacial score (nSPS) is 24.0. The van der Waals surface area contributed by atoms with Gasteiger partial charge in [0.05, 0.1) is 10.8 Å². The molecule has 0 N–H and O–H groups in total. The number of hydrogen-bond acceptors (Lipinski definition) is 3. The van der Waals surface area contributed by atoms with E-state index in [1.54, 1.807) is 28.6 Å². The van der Waals surface area contributed by atoms with Crippen molar-refractivity contribution in [1.82, 2.24) is 4.31 Å². The van der Waals surface area contributed by atoms with Crippen LogP contribution in [-0.4, -0.2) is 38.3 Å². The molecule has 1 aliphatic heterocycles. The van der Waals surface area contributed by atoms with Crippen LogP contribution in [0.15, 0.2) is 29.2 Å². The van der Waals surface area contributed by atoms with Gasteiger partial charge in [0, 0.05) is 13.1 Å². The van der Waals surface area contributed by atoms with Gasteiger partial charge in [-0.05, 0) is 42.5 Å². The number of sulfonamides is 1. The molecule has 0 amide bonds. The minimum atomic E-state index is -3.40. The zero-order valence-electron chi connectivity index (χ0n) is 12.5. The monoisotopic (exact) mass is 331 g/mol. The lowest BCUT2D eigenvalue weighted by Gasteiger charge is -2.34. The van der Waals surface area contributed by atoms with Gasteiger partial charge in [0.15, 0.2) is 0 Å². The maximum absolute atomic E-state index is 12.6. The van der Waals surface area contributed by atoms with Crippen LogP contribution in [0.1, 0.15) is 20.3 Å². The van der Waals surface area contributed by atoms with Crippen molar-refractivity contribution in [2.24, 2.45) is 11.8 Å². The summed E-state index contributed by atoms with van der Waals surface area (Å²) >= 11 is 5.55. The van der Waals surface area contributed by atoms with Crippen LogP contribution in [0.2, 0.25) is 0 Å². The summed E-state index contributed by atoms with van der Waals surface area (Å²) in [6.07, 6.45) is 0.914. The number of rotatable bonds is 5. The van der Waals surface area contributed by atoms with Crippen LogP contribution >= 0.6 is 11.6 Å². The van der Waals surface area contributed by atoms with Crippen LogP contribution < -0.4 is 4.74 Å². The fourth-order valence-electron chi connectivity index (χ4n) is 2.46. The van der Waals surface area contributed by atoms with Crippen molar-refractivity contribution in [3.8, 4) is 5.75 Å². The fourth-order valence-corrected chi connectivity index (χ4v) is 4.09. The third-order valence-corrected chi connectivity index (χ3v) is 6.14. The average molecular weight is 332 g/mol. The summed E-state index contributed by atoms with van der Waals surface area (Å²) in [5.41, 5.74) is 0. The van der Waals surface area contributed by atoms with Crippen molar-refractivity contribution >= 4 is 21.6 Å². The highest BCUT2D eigenvalue weighted by Gasteiger charge is 2.31. The molecule has 2 unspecified atom stereocenters. The summed E-state index contributed by atoms with van der Waals surface area (Å²) in [4.78, 5) is 0.322. The van der Waals surface area contributed by atoms with Gasteiger partial charge < -0.3 is 4.74 Å². The topological polar surface area (TPSA) is 46.6 Å². The predicted octanol–water partition coefficient (Wildman–Crippen LogP) is 2.97. The van der Waals surface area contributed by atoms with Gasteiger partial charge in [-0.2, -0.15) is 4.31 Å². The highest BCUT2D eigenvalue weighted by molar-refractivity contribution is 7.89. The lowest BCUT2D eigenvalue weighted by atomic mass is 9.90. The second-order valence-corrected chi connectivity index (χ2v) is 7.93. The summed E-state index contributed by atoms with van der Waals surface area (Å²) in [5, 5.41) is 0. The van der Waals surface area contributed by atoms with Crippen LogP contribution in [0.3, 0.4) is 0 Å². The lowest BCUT2D eigenvalue weighted by Crippen LogP contribution is -2.42. The first kappa shape index (κ1) is 16.6. The number of ether oxygens (including phenoxy) is 1. The molecule has 1 heterocycles. The number of alkyl halides is 1. The van der Waals surface area contributed by atoms with Gasteiger partial charge in [0.1, 0.15) is 12.4 Å². The van der Waals surface area contributed by atoms with Crippen molar-refractivity contribution in [1.29, 1.82) is 0 Å². The number of hydrogen-bond donors (Lipinski definition) is 0. The van der Waals surface area contributed by atoms with E-state index in [4.69, 9.17) is 16.3 Å².